The van der Waals surface area contributed by atoms with Gasteiger partial charge in [0.1, 0.15) is 0 Å². The normalized spacial score (nSPS) is 25.7. The number of aliphatic hydroxyl groups is 1. The lowest BCUT2D eigenvalue weighted by Gasteiger charge is -2.30. The van der Waals surface area contributed by atoms with Crippen molar-refractivity contribution in [1.29, 1.82) is 0 Å². The molecule has 2 atom stereocenters. The zero-order valence-electron chi connectivity index (χ0n) is 11.5. The molecule has 1 fully saturated rings. The molecule has 2 unspecified atom stereocenters. The Morgan fingerprint density at radius 1 is 1.50 bits per heavy atom. The van der Waals surface area contributed by atoms with E-state index in [-0.39, 0.29) is 30.4 Å². The number of aliphatic hydroxyl groups excluding tert-OH is 1. The van der Waals surface area contributed by atoms with Gasteiger partial charge in [0.05, 0.1) is 13.0 Å². The number of hydrogen-bond acceptors (Lipinski definition) is 2. The van der Waals surface area contributed by atoms with Crippen LogP contribution in [0.3, 0.4) is 0 Å². The summed E-state index contributed by atoms with van der Waals surface area (Å²) in [6, 6.07) is 5.17. The highest BCUT2D eigenvalue weighted by Gasteiger charge is 2.38. The Hall–Kier alpha value is -0.770. The van der Waals surface area contributed by atoms with E-state index < -0.39 is 0 Å². The molecule has 1 amide bonds. The summed E-state index contributed by atoms with van der Waals surface area (Å²) in [6.45, 7) is 2.11. The minimum Gasteiger partial charge on any atom is -0.396 e. The van der Waals surface area contributed by atoms with Crippen LogP contribution in [0.15, 0.2) is 18.2 Å². The summed E-state index contributed by atoms with van der Waals surface area (Å²) in [7, 11) is 0. The van der Waals surface area contributed by atoms with Crippen molar-refractivity contribution in [2.45, 2.75) is 38.6 Å². The van der Waals surface area contributed by atoms with Gasteiger partial charge in [0.25, 0.3) is 0 Å². The van der Waals surface area contributed by atoms with E-state index in [4.69, 9.17) is 23.2 Å². The fourth-order valence-corrected chi connectivity index (χ4v) is 3.23. The van der Waals surface area contributed by atoms with Crippen LogP contribution in [0, 0.1) is 5.41 Å². The van der Waals surface area contributed by atoms with Gasteiger partial charge in [0.2, 0.25) is 5.91 Å². The molecule has 1 aliphatic carbocycles. The standard InChI is InChI=1S/C15H19Cl2NO2/c1-15(9-19)6-2-3-13(15)18-14(20)7-10-4-5-11(16)8-12(10)17/h4-5,8,13,19H,2-3,6-7,9H2,1H3,(H,18,20). The van der Waals surface area contributed by atoms with E-state index in [1.54, 1.807) is 18.2 Å². The fraction of sp³-hybridized carbons (Fsp3) is 0.533. The number of hydrogen-bond donors (Lipinski definition) is 2. The summed E-state index contributed by atoms with van der Waals surface area (Å²) in [4.78, 5) is 12.1. The van der Waals surface area contributed by atoms with Gasteiger partial charge in [-0.2, -0.15) is 0 Å². The van der Waals surface area contributed by atoms with E-state index in [1.165, 1.54) is 0 Å². The zero-order chi connectivity index (χ0) is 14.8. The molecule has 0 bridgehead atoms. The number of benzene rings is 1. The Kier molecular flexibility index (Phi) is 4.95. The van der Waals surface area contributed by atoms with Crippen LogP contribution >= 0.6 is 23.2 Å². The van der Waals surface area contributed by atoms with Crippen LogP contribution in [0.4, 0.5) is 0 Å². The Morgan fingerprint density at radius 2 is 2.25 bits per heavy atom. The highest BCUT2D eigenvalue weighted by Crippen LogP contribution is 2.37. The maximum atomic E-state index is 12.1. The highest BCUT2D eigenvalue weighted by molar-refractivity contribution is 6.35. The van der Waals surface area contributed by atoms with Gasteiger partial charge < -0.3 is 10.4 Å². The molecule has 0 saturated heterocycles. The van der Waals surface area contributed by atoms with Crippen LogP contribution in [0.5, 0.6) is 0 Å². The third-order valence-electron chi connectivity index (χ3n) is 4.14. The molecule has 5 heteroatoms. The number of rotatable bonds is 4. The molecule has 0 heterocycles. The lowest BCUT2D eigenvalue weighted by molar-refractivity contribution is -0.122. The first-order valence-electron chi connectivity index (χ1n) is 6.79. The molecule has 1 aromatic rings. The molecule has 2 rings (SSSR count). The molecule has 1 aliphatic rings. The topological polar surface area (TPSA) is 49.3 Å². The van der Waals surface area contributed by atoms with Crippen molar-refractivity contribution in [3.63, 3.8) is 0 Å². The molecule has 0 radical (unpaired) electrons. The van der Waals surface area contributed by atoms with Crippen molar-refractivity contribution >= 4 is 29.1 Å². The van der Waals surface area contributed by atoms with Crippen molar-refractivity contribution in [3.05, 3.63) is 33.8 Å². The first-order chi connectivity index (χ1) is 9.44. The van der Waals surface area contributed by atoms with E-state index in [2.05, 4.69) is 5.32 Å². The minimum absolute atomic E-state index is 0.0334. The average molecular weight is 316 g/mol. The molecule has 1 saturated carbocycles. The summed E-state index contributed by atoms with van der Waals surface area (Å²) < 4.78 is 0. The molecule has 20 heavy (non-hydrogen) atoms. The quantitative estimate of drug-likeness (QED) is 0.896. The van der Waals surface area contributed by atoms with Gasteiger partial charge in [-0.15, -0.1) is 0 Å². The van der Waals surface area contributed by atoms with Crippen molar-refractivity contribution in [1.82, 2.24) is 5.32 Å². The van der Waals surface area contributed by atoms with Gasteiger partial charge in [0, 0.05) is 21.5 Å². The van der Waals surface area contributed by atoms with Crippen molar-refractivity contribution < 1.29 is 9.90 Å². The van der Waals surface area contributed by atoms with Crippen LogP contribution in [0.25, 0.3) is 0 Å². The molecular formula is C15H19Cl2NO2. The van der Waals surface area contributed by atoms with Gasteiger partial charge in [-0.05, 0) is 30.5 Å². The molecule has 0 spiro atoms. The van der Waals surface area contributed by atoms with Gasteiger partial charge in [0.15, 0.2) is 0 Å². The minimum atomic E-state index is -0.209. The highest BCUT2D eigenvalue weighted by atomic mass is 35.5. The molecule has 3 nitrogen and oxygen atoms in total. The van der Waals surface area contributed by atoms with Crippen LogP contribution in [-0.2, 0) is 11.2 Å². The van der Waals surface area contributed by atoms with Gasteiger partial charge >= 0.3 is 0 Å². The number of carbonyl (C=O) groups excluding carboxylic acids is 1. The first-order valence-corrected chi connectivity index (χ1v) is 7.54. The number of halogens is 2. The molecule has 110 valence electrons. The molecule has 2 N–H and O–H groups in total. The maximum Gasteiger partial charge on any atom is 0.224 e. The predicted molar refractivity (Wildman–Crippen MR) is 81.1 cm³/mol. The summed E-state index contributed by atoms with van der Waals surface area (Å²) in [5.41, 5.74) is 0.552. The van der Waals surface area contributed by atoms with E-state index in [0.717, 1.165) is 24.8 Å². The fourth-order valence-electron chi connectivity index (χ4n) is 2.75. The van der Waals surface area contributed by atoms with Crippen molar-refractivity contribution in [2.75, 3.05) is 6.61 Å². The average Bonchev–Trinajstić information content (AvgIpc) is 2.75. The summed E-state index contributed by atoms with van der Waals surface area (Å²) >= 11 is 11.9. The third-order valence-corrected chi connectivity index (χ3v) is 4.73. The van der Waals surface area contributed by atoms with Gasteiger partial charge in [-0.1, -0.05) is 42.6 Å². The zero-order valence-corrected chi connectivity index (χ0v) is 13.0. The Bertz CT molecular complexity index is 507. The van der Waals surface area contributed by atoms with Crippen LogP contribution in [-0.4, -0.2) is 23.7 Å². The van der Waals surface area contributed by atoms with E-state index in [1.807, 2.05) is 6.92 Å². The van der Waals surface area contributed by atoms with Crippen LogP contribution < -0.4 is 5.32 Å². The largest absolute Gasteiger partial charge is 0.396 e. The summed E-state index contributed by atoms with van der Waals surface area (Å²) in [5, 5.41) is 13.6. The Balaban J connectivity index is 1.99. The Labute approximate surface area is 129 Å². The Morgan fingerprint density at radius 3 is 2.90 bits per heavy atom. The summed E-state index contributed by atoms with van der Waals surface area (Å²) in [5.74, 6) is -0.0687. The van der Waals surface area contributed by atoms with Crippen LogP contribution in [0.1, 0.15) is 31.7 Å². The lowest BCUT2D eigenvalue weighted by Crippen LogP contribution is -2.45. The SMILES string of the molecule is CC1(CO)CCCC1NC(=O)Cc1ccc(Cl)cc1Cl. The second kappa shape index (κ2) is 6.33. The first kappa shape index (κ1) is 15.6. The molecule has 1 aromatic carbocycles. The van der Waals surface area contributed by atoms with Crippen LogP contribution in [0.2, 0.25) is 10.0 Å². The number of nitrogens with one attached hydrogen (secondary N) is 1. The molecular weight excluding hydrogens is 297 g/mol. The number of amides is 1. The van der Waals surface area contributed by atoms with Crippen molar-refractivity contribution in [2.24, 2.45) is 5.41 Å². The number of carbonyl (C=O) groups is 1. The van der Waals surface area contributed by atoms with E-state index >= 15 is 0 Å². The van der Waals surface area contributed by atoms with Gasteiger partial charge in [-0.3, -0.25) is 4.79 Å². The second-order valence-electron chi connectivity index (χ2n) is 5.74. The molecule has 0 aliphatic heterocycles. The predicted octanol–water partition coefficient (Wildman–Crippen LogP) is 3.20. The lowest BCUT2D eigenvalue weighted by atomic mass is 9.85. The van der Waals surface area contributed by atoms with E-state index in [9.17, 15) is 9.90 Å². The van der Waals surface area contributed by atoms with Gasteiger partial charge in [-0.25, -0.2) is 0 Å². The maximum absolute atomic E-state index is 12.1. The summed E-state index contributed by atoms with van der Waals surface area (Å²) in [6.07, 6.45) is 3.12. The molecule has 0 aromatic heterocycles. The monoisotopic (exact) mass is 315 g/mol. The van der Waals surface area contributed by atoms with E-state index in [0.29, 0.717) is 10.0 Å². The third kappa shape index (κ3) is 3.46. The van der Waals surface area contributed by atoms with Crippen molar-refractivity contribution in [3.8, 4) is 0 Å². The second-order valence-corrected chi connectivity index (χ2v) is 6.58. The smallest absolute Gasteiger partial charge is 0.224 e.